The van der Waals surface area contributed by atoms with Gasteiger partial charge in [-0.1, -0.05) is 55.3 Å². The van der Waals surface area contributed by atoms with Crippen LogP contribution >= 0.6 is 0 Å². The number of H-pyrrole nitrogens is 1. The third-order valence-corrected chi connectivity index (χ3v) is 7.61. The van der Waals surface area contributed by atoms with E-state index < -0.39 is 21.0 Å². The monoisotopic (exact) mass is 520 g/mol. The number of ketones is 1. The quantitative estimate of drug-likeness (QED) is 0.140. The maximum absolute atomic E-state index is 13.2. The van der Waals surface area contributed by atoms with E-state index in [9.17, 15) is 23.3 Å². The average molecular weight is 521 g/mol. The molecule has 4 aromatic rings. The number of benzene rings is 3. The molecule has 0 fully saturated rings. The van der Waals surface area contributed by atoms with Crippen molar-refractivity contribution >= 4 is 32.3 Å². The minimum atomic E-state index is -4.07. The molecule has 3 aromatic carbocycles. The molecule has 1 aromatic heterocycles. The number of nitrogens with zero attached hydrogens (tertiary/aromatic N) is 2. The second-order valence-electron chi connectivity index (χ2n) is 8.97. The van der Waals surface area contributed by atoms with Crippen LogP contribution in [-0.4, -0.2) is 29.1 Å². The Bertz CT molecular complexity index is 1530. The Kier molecular flexibility index (Phi) is 8.10. The fourth-order valence-electron chi connectivity index (χ4n) is 4.19. The van der Waals surface area contributed by atoms with Crippen molar-refractivity contribution in [2.75, 3.05) is 0 Å². The lowest BCUT2D eigenvalue weighted by Gasteiger charge is -2.17. The van der Waals surface area contributed by atoms with E-state index in [0.717, 1.165) is 40.9 Å². The first kappa shape index (κ1) is 26.2. The van der Waals surface area contributed by atoms with E-state index in [1.54, 1.807) is 13.1 Å². The van der Waals surface area contributed by atoms with E-state index in [-0.39, 0.29) is 16.4 Å². The molecule has 0 aliphatic rings. The highest BCUT2D eigenvalue weighted by Gasteiger charge is 2.25. The number of aromatic nitrogens is 2. The van der Waals surface area contributed by atoms with Gasteiger partial charge in [0.25, 0.3) is 5.69 Å². The highest BCUT2D eigenvalue weighted by atomic mass is 32.2. The van der Waals surface area contributed by atoms with Crippen molar-refractivity contribution in [3.63, 3.8) is 0 Å². The number of Topliss-reactive ketones (excluding diaryl/α,β-unsaturated/α-hetero) is 1. The molecule has 1 atom stereocenters. The zero-order valence-corrected chi connectivity index (χ0v) is 21.2. The number of nitro groups is 1. The number of aromatic amines is 1. The van der Waals surface area contributed by atoms with Gasteiger partial charge in [0.2, 0.25) is 10.0 Å². The van der Waals surface area contributed by atoms with Gasteiger partial charge in [0.05, 0.1) is 27.8 Å². The van der Waals surface area contributed by atoms with Crippen LogP contribution in [0.3, 0.4) is 0 Å². The smallest absolute Gasteiger partial charge is 0.270 e. The zero-order chi connectivity index (χ0) is 26.4. The number of unbranched alkanes of at least 4 members (excludes halogenated alkanes) is 2. The Balaban J connectivity index is 1.59. The van der Waals surface area contributed by atoms with Crippen LogP contribution in [0.2, 0.25) is 0 Å². The van der Waals surface area contributed by atoms with Crippen molar-refractivity contribution in [2.24, 2.45) is 0 Å². The third-order valence-electron chi connectivity index (χ3n) is 6.14. The van der Waals surface area contributed by atoms with Gasteiger partial charge >= 0.3 is 0 Å². The standard InChI is InChI=1S/C27H28N4O5S/c1-19(32)8-3-2-4-13-25(30-37(35,36)24-12-7-11-23(17-24)31(33)34)27-28-18-26(29-27)22-15-14-20-9-5-6-10-21(20)16-22/h5-7,9-12,14-18,25,30H,2-4,8,13H2,1H3,(H,28,29)/t25-/m0/s1. The molecular formula is C27H28N4O5S. The topological polar surface area (TPSA) is 135 Å². The van der Waals surface area contributed by atoms with Crippen molar-refractivity contribution in [3.05, 3.63) is 88.9 Å². The van der Waals surface area contributed by atoms with E-state index in [4.69, 9.17) is 0 Å². The molecule has 37 heavy (non-hydrogen) atoms. The molecule has 0 amide bonds. The number of carbonyl (C=O) groups excluding carboxylic acids is 1. The van der Waals surface area contributed by atoms with Crippen LogP contribution in [0.1, 0.15) is 50.9 Å². The second kappa shape index (κ2) is 11.4. The number of rotatable bonds is 12. The molecule has 0 saturated carbocycles. The lowest BCUT2D eigenvalue weighted by atomic mass is 10.1. The Morgan fingerprint density at radius 3 is 2.57 bits per heavy atom. The molecule has 2 N–H and O–H groups in total. The number of fused-ring (bicyclic) bond motifs is 1. The van der Waals surface area contributed by atoms with Gasteiger partial charge in [0.15, 0.2) is 0 Å². The summed E-state index contributed by atoms with van der Waals surface area (Å²) in [6, 6.07) is 18.3. The van der Waals surface area contributed by atoms with Crippen LogP contribution in [0.5, 0.6) is 0 Å². The summed E-state index contributed by atoms with van der Waals surface area (Å²) in [6.07, 6.45) is 4.74. The molecule has 9 nitrogen and oxygen atoms in total. The Morgan fingerprint density at radius 2 is 1.81 bits per heavy atom. The number of nitrogens with one attached hydrogen (secondary N) is 2. The number of carbonyl (C=O) groups is 1. The first-order valence-electron chi connectivity index (χ1n) is 12.0. The maximum Gasteiger partial charge on any atom is 0.270 e. The van der Waals surface area contributed by atoms with Gasteiger partial charge < -0.3 is 9.78 Å². The zero-order valence-electron chi connectivity index (χ0n) is 20.4. The van der Waals surface area contributed by atoms with E-state index in [1.165, 1.54) is 18.2 Å². The molecule has 0 aliphatic heterocycles. The van der Waals surface area contributed by atoms with E-state index in [2.05, 4.69) is 14.7 Å². The molecular weight excluding hydrogens is 492 g/mol. The summed E-state index contributed by atoms with van der Waals surface area (Å²) in [5, 5.41) is 13.3. The Morgan fingerprint density at radius 1 is 1.03 bits per heavy atom. The molecule has 192 valence electrons. The van der Waals surface area contributed by atoms with Crippen molar-refractivity contribution in [1.82, 2.24) is 14.7 Å². The van der Waals surface area contributed by atoms with Crippen molar-refractivity contribution in [1.29, 1.82) is 0 Å². The first-order valence-corrected chi connectivity index (χ1v) is 13.5. The molecule has 10 heteroatoms. The molecule has 0 aliphatic carbocycles. The largest absolute Gasteiger partial charge is 0.341 e. The molecule has 4 rings (SSSR count). The summed E-state index contributed by atoms with van der Waals surface area (Å²) in [6.45, 7) is 1.55. The Hall–Kier alpha value is -3.89. The van der Waals surface area contributed by atoms with E-state index in [0.29, 0.717) is 25.1 Å². The number of sulfonamides is 1. The summed E-state index contributed by atoms with van der Waals surface area (Å²) in [5.41, 5.74) is 1.36. The van der Waals surface area contributed by atoms with Gasteiger partial charge in [0.1, 0.15) is 11.6 Å². The summed E-state index contributed by atoms with van der Waals surface area (Å²) in [7, 11) is -4.07. The van der Waals surface area contributed by atoms with E-state index in [1.807, 2.05) is 42.5 Å². The highest BCUT2D eigenvalue weighted by Crippen LogP contribution is 2.27. The van der Waals surface area contributed by atoms with Gasteiger partial charge in [0, 0.05) is 24.1 Å². The van der Waals surface area contributed by atoms with Crippen molar-refractivity contribution < 1.29 is 18.1 Å². The number of imidazole rings is 1. The molecule has 0 spiro atoms. The van der Waals surface area contributed by atoms with Crippen molar-refractivity contribution in [3.8, 4) is 11.3 Å². The fraction of sp³-hybridized carbons (Fsp3) is 0.259. The summed E-state index contributed by atoms with van der Waals surface area (Å²) in [4.78, 5) is 29.3. The summed E-state index contributed by atoms with van der Waals surface area (Å²) >= 11 is 0. The van der Waals surface area contributed by atoms with Crippen LogP contribution in [0.15, 0.2) is 77.8 Å². The van der Waals surface area contributed by atoms with E-state index >= 15 is 0 Å². The number of nitro benzene ring substituents is 1. The maximum atomic E-state index is 13.2. The minimum absolute atomic E-state index is 0.119. The number of non-ortho nitro benzene ring substituents is 1. The lowest BCUT2D eigenvalue weighted by Crippen LogP contribution is -2.29. The predicted molar refractivity (Wildman–Crippen MR) is 141 cm³/mol. The number of hydrogen-bond donors (Lipinski definition) is 2. The fourth-order valence-corrected chi connectivity index (χ4v) is 5.46. The van der Waals surface area contributed by atoms with Gasteiger partial charge in [-0.2, -0.15) is 0 Å². The summed E-state index contributed by atoms with van der Waals surface area (Å²) < 4.78 is 29.0. The Labute approximate surface area is 215 Å². The highest BCUT2D eigenvalue weighted by molar-refractivity contribution is 7.89. The third kappa shape index (κ3) is 6.66. The van der Waals surface area contributed by atoms with Crippen LogP contribution in [0, 0.1) is 10.1 Å². The lowest BCUT2D eigenvalue weighted by molar-refractivity contribution is -0.385. The second-order valence-corrected chi connectivity index (χ2v) is 10.7. The van der Waals surface area contributed by atoms with Crippen LogP contribution in [0.4, 0.5) is 5.69 Å². The summed E-state index contributed by atoms with van der Waals surface area (Å²) in [5.74, 6) is 0.567. The molecule has 0 unspecified atom stereocenters. The van der Waals surface area contributed by atoms with Crippen LogP contribution in [0.25, 0.3) is 22.0 Å². The molecule has 0 radical (unpaired) electrons. The number of hydrogen-bond acceptors (Lipinski definition) is 6. The molecule has 1 heterocycles. The normalized spacial score (nSPS) is 12.5. The molecule has 0 bridgehead atoms. The van der Waals surface area contributed by atoms with Crippen LogP contribution in [-0.2, 0) is 14.8 Å². The molecule has 0 saturated heterocycles. The van der Waals surface area contributed by atoms with Crippen molar-refractivity contribution in [2.45, 2.75) is 50.0 Å². The van der Waals surface area contributed by atoms with Gasteiger partial charge in [-0.25, -0.2) is 18.1 Å². The van der Waals surface area contributed by atoms with Gasteiger partial charge in [-0.05, 0) is 42.7 Å². The van der Waals surface area contributed by atoms with Crippen LogP contribution < -0.4 is 4.72 Å². The predicted octanol–water partition coefficient (Wildman–Crippen LogP) is 5.70. The van der Waals surface area contributed by atoms with Gasteiger partial charge in [-0.3, -0.25) is 10.1 Å². The average Bonchev–Trinajstić information content (AvgIpc) is 3.38. The minimum Gasteiger partial charge on any atom is -0.341 e. The first-order chi connectivity index (χ1) is 17.7. The van der Waals surface area contributed by atoms with Gasteiger partial charge in [-0.15, -0.1) is 0 Å². The SMILES string of the molecule is CC(=O)CCCCC[C@H](NS(=O)(=O)c1cccc([N+](=O)[O-])c1)c1ncc(-c2ccc3ccccc3c2)[nH]1.